The number of aromatic nitrogens is 1. The van der Waals surface area contributed by atoms with E-state index in [1.807, 2.05) is 0 Å². The second kappa shape index (κ2) is 5.17. The Morgan fingerprint density at radius 3 is 2.62 bits per heavy atom. The highest BCUT2D eigenvalue weighted by molar-refractivity contribution is 14.1. The van der Waals surface area contributed by atoms with Crippen LogP contribution < -0.4 is 4.74 Å². The van der Waals surface area contributed by atoms with Gasteiger partial charge >= 0.3 is 6.36 Å². The van der Waals surface area contributed by atoms with Crippen LogP contribution in [0.3, 0.4) is 0 Å². The van der Waals surface area contributed by atoms with Gasteiger partial charge in [0.2, 0.25) is 5.88 Å². The normalized spacial score (nSPS) is 11.3. The molecule has 0 atom stereocenters. The Bertz CT molecular complexity index is 411. The minimum absolute atomic E-state index is 0.0540. The first kappa shape index (κ1) is 13.5. The average Bonchev–Trinajstić information content (AvgIpc) is 2.16. The van der Waals surface area contributed by atoms with E-state index in [4.69, 9.17) is 11.6 Å². The Labute approximate surface area is 107 Å². The molecular weight excluding hydrogens is 361 g/mol. The first-order valence-electron chi connectivity index (χ1n) is 3.83. The molecule has 0 radical (unpaired) electrons. The van der Waals surface area contributed by atoms with Gasteiger partial charge in [-0.3, -0.25) is 4.79 Å². The third kappa shape index (κ3) is 3.21. The summed E-state index contributed by atoms with van der Waals surface area (Å²) in [7, 11) is 0. The molecule has 0 aliphatic carbocycles. The van der Waals surface area contributed by atoms with Gasteiger partial charge in [-0.05, 0) is 28.2 Å². The van der Waals surface area contributed by atoms with Crippen molar-refractivity contribution in [2.24, 2.45) is 0 Å². The summed E-state index contributed by atoms with van der Waals surface area (Å²) < 4.78 is 39.8. The van der Waals surface area contributed by atoms with Crippen molar-refractivity contribution in [3.05, 3.63) is 20.9 Å². The van der Waals surface area contributed by atoms with Gasteiger partial charge in [0, 0.05) is 15.6 Å². The summed E-state index contributed by atoms with van der Waals surface area (Å²) in [5.74, 6) is -0.709. The van der Waals surface area contributed by atoms with Crippen LogP contribution >= 0.6 is 34.2 Å². The minimum Gasteiger partial charge on any atom is -0.387 e. The first-order chi connectivity index (χ1) is 7.39. The Morgan fingerprint density at radius 2 is 2.19 bits per heavy atom. The number of halogens is 5. The molecule has 0 unspecified atom stereocenters. The highest BCUT2D eigenvalue weighted by atomic mass is 127. The molecule has 0 aliphatic heterocycles. The van der Waals surface area contributed by atoms with Crippen molar-refractivity contribution < 1.29 is 22.7 Å². The highest BCUT2D eigenvalue weighted by Gasteiger charge is 2.33. The van der Waals surface area contributed by atoms with Crippen molar-refractivity contribution in [3.63, 3.8) is 0 Å². The number of ether oxygens (including phenoxy) is 1. The lowest BCUT2D eigenvalue weighted by molar-refractivity contribution is -0.276. The predicted molar refractivity (Wildman–Crippen MR) is 58.6 cm³/mol. The van der Waals surface area contributed by atoms with Gasteiger partial charge in [-0.1, -0.05) is 0 Å². The zero-order chi connectivity index (χ0) is 12.3. The number of hydrogen-bond donors (Lipinski definition) is 0. The molecule has 0 aliphatic rings. The van der Waals surface area contributed by atoms with E-state index in [1.54, 1.807) is 22.6 Å². The van der Waals surface area contributed by atoms with E-state index in [0.717, 1.165) is 6.20 Å². The molecule has 3 nitrogen and oxygen atoms in total. The second-order valence-electron chi connectivity index (χ2n) is 2.62. The molecule has 0 N–H and O–H groups in total. The molecule has 8 heteroatoms. The molecule has 0 saturated carbocycles. The van der Waals surface area contributed by atoms with Gasteiger partial charge in [0.05, 0.1) is 5.56 Å². The summed E-state index contributed by atoms with van der Waals surface area (Å²) in [5.41, 5.74) is 0.218. The fourth-order valence-corrected chi connectivity index (χ4v) is 2.03. The molecule has 0 saturated heterocycles. The fraction of sp³-hybridized carbons (Fsp3) is 0.250. The van der Waals surface area contributed by atoms with E-state index in [-0.39, 0.29) is 17.7 Å². The predicted octanol–water partition coefficient (Wildman–Crippen LogP) is 3.14. The summed E-state index contributed by atoms with van der Waals surface area (Å²) in [6.45, 7) is 0. The number of nitrogens with zero attached hydrogens (tertiary/aromatic N) is 1. The molecule has 1 aromatic heterocycles. The van der Waals surface area contributed by atoms with Crippen LogP contribution in [0.4, 0.5) is 13.2 Å². The molecule has 1 heterocycles. The van der Waals surface area contributed by atoms with Crippen molar-refractivity contribution >= 4 is 40.5 Å². The third-order valence-corrected chi connectivity index (χ3v) is 3.12. The zero-order valence-electron chi connectivity index (χ0n) is 7.52. The smallest absolute Gasteiger partial charge is 0.387 e. The van der Waals surface area contributed by atoms with Crippen molar-refractivity contribution in [1.29, 1.82) is 0 Å². The van der Waals surface area contributed by atoms with Crippen LogP contribution in [-0.4, -0.2) is 17.6 Å². The molecule has 16 heavy (non-hydrogen) atoms. The summed E-state index contributed by atoms with van der Waals surface area (Å²) in [4.78, 5) is 14.1. The first-order valence-corrected chi connectivity index (χ1v) is 5.44. The molecule has 0 aromatic carbocycles. The lowest BCUT2D eigenvalue weighted by Crippen LogP contribution is -2.19. The van der Waals surface area contributed by atoms with Crippen molar-refractivity contribution in [2.45, 2.75) is 12.2 Å². The van der Waals surface area contributed by atoms with Gasteiger partial charge in [0.25, 0.3) is 0 Å². The molecule has 0 amide bonds. The van der Waals surface area contributed by atoms with E-state index in [2.05, 4.69) is 9.72 Å². The molecule has 88 valence electrons. The number of pyridine rings is 1. The Hall–Kier alpha value is -0.570. The zero-order valence-corrected chi connectivity index (χ0v) is 10.4. The number of aldehydes is 1. The topological polar surface area (TPSA) is 39.2 Å². The Balaban J connectivity index is 3.21. The largest absolute Gasteiger partial charge is 0.574 e. The second-order valence-corrected chi connectivity index (χ2v) is 3.96. The fourth-order valence-electron chi connectivity index (χ4n) is 0.916. The van der Waals surface area contributed by atoms with Gasteiger partial charge in [-0.25, -0.2) is 4.98 Å². The van der Waals surface area contributed by atoms with E-state index < -0.39 is 12.2 Å². The lowest BCUT2D eigenvalue weighted by atomic mass is 10.2. The minimum atomic E-state index is -4.88. The maximum Gasteiger partial charge on any atom is 0.574 e. The molecular formula is C8H4ClF3INO2. The summed E-state index contributed by atoms with van der Waals surface area (Å²) >= 11 is 7.24. The van der Waals surface area contributed by atoms with Crippen LogP contribution in [0.15, 0.2) is 6.20 Å². The molecule has 1 rings (SSSR count). The summed E-state index contributed by atoms with van der Waals surface area (Å²) in [6, 6.07) is 0. The lowest BCUT2D eigenvalue weighted by Gasteiger charge is -2.11. The monoisotopic (exact) mass is 365 g/mol. The number of alkyl halides is 4. The van der Waals surface area contributed by atoms with Gasteiger partial charge in [0.15, 0.2) is 6.29 Å². The van der Waals surface area contributed by atoms with Crippen molar-refractivity contribution in [3.8, 4) is 5.88 Å². The molecule has 0 fully saturated rings. The van der Waals surface area contributed by atoms with Crippen molar-refractivity contribution in [1.82, 2.24) is 4.98 Å². The van der Waals surface area contributed by atoms with Crippen LogP contribution in [0.25, 0.3) is 0 Å². The van der Waals surface area contributed by atoms with Crippen LogP contribution in [0.2, 0.25) is 0 Å². The van der Waals surface area contributed by atoms with Crippen LogP contribution in [-0.2, 0) is 5.88 Å². The average molecular weight is 365 g/mol. The number of carbonyl (C=O) groups is 1. The van der Waals surface area contributed by atoms with E-state index in [9.17, 15) is 18.0 Å². The van der Waals surface area contributed by atoms with Crippen LogP contribution in [0.1, 0.15) is 15.9 Å². The third-order valence-electron chi connectivity index (χ3n) is 1.56. The maximum atomic E-state index is 12.0. The molecule has 0 spiro atoms. The summed E-state index contributed by atoms with van der Waals surface area (Å²) in [6.07, 6.45) is -3.48. The van der Waals surface area contributed by atoms with Gasteiger partial charge in [-0.15, -0.1) is 24.8 Å². The van der Waals surface area contributed by atoms with Gasteiger partial charge in [0.1, 0.15) is 0 Å². The SMILES string of the molecule is O=Cc1c(OC(F)(F)F)ncc(CCl)c1I. The number of rotatable bonds is 3. The van der Waals surface area contributed by atoms with Gasteiger partial charge < -0.3 is 4.74 Å². The molecule has 1 aromatic rings. The van der Waals surface area contributed by atoms with E-state index in [0.29, 0.717) is 9.13 Å². The quantitative estimate of drug-likeness (QED) is 0.469. The number of carbonyl (C=O) groups excluding carboxylic acids is 1. The van der Waals surface area contributed by atoms with Gasteiger partial charge in [-0.2, -0.15) is 0 Å². The summed E-state index contributed by atoms with van der Waals surface area (Å²) in [5, 5.41) is 0. The Morgan fingerprint density at radius 1 is 1.56 bits per heavy atom. The Kier molecular flexibility index (Phi) is 4.36. The van der Waals surface area contributed by atoms with Crippen LogP contribution in [0, 0.1) is 3.57 Å². The number of hydrogen-bond acceptors (Lipinski definition) is 3. The standard InChI is InChI=1S/C8H4ClF3INO2/c9-1-4-2-14-7(16-8(10,11)12)5(3-15)6(4)13/h2-3H,1H2. The molecule has 0 bridgehead atoms. The highest BCUT2D eigenvalue weighted by Crippen LogP contribution is 2.28. The van der Waals surface area contributed by atoms with Crippen molar-refractivity contribution in [2.75, 3.05) is 0 Å². The van der Waals surface area contributed by atoms with Crippen LogP contribution in [0.5, 0.6) is 5.88 Å². The maximum absolute atomic E-state index is 12.0. The van der Waals surface area contributed by atoms with E-state index in [1.165, 1.54) is 0 Å². The van der Waals surface area contributed by atoms with E-state index >= 15 is 0 Å².